The van der Waals surface area contributed by atoms with Crippen LogP contribution in [0.5, 0.6) is 0 Å². The van der Waals surface area contributed by atoms with Gasteiger partial charge in [0.2, 0.25) is 11.8 Å². The lowest BCUT2D eigenvalue weighted by Gasteiger charge is -2.37. The Morgan fingerprint density at radius 3 is 2.41 bits per heavy atom. The van der Waals surface area contributed by atoms with Gasteiger partial charge >= 0.3 is 0 Å². The quantitative estimate of drug-likeness (QED) is 0.803. The van der Waals surface area contributed by atoms with Gasteiger partial charge < -0.3 is 19.1 Å². The average Bonchev–Trinajstić information content (AvgIpc) is 3.28. The van der Waals surface area contributed by atoms with E-state index in [9.17, 15) is 14.4 Å². The van der Waals surface area contributed by atoms with Gasteiger partial charge in [-0.2, -0.15) is 0 Å². The molecule has 1 fully saturated rings. The van der Waals surface area contributed by atoms with E-state index in [0.717, 1.165) is 11.1 Å². The fourth-order valence-corrected chi connectivity index (χ4v) is 3.92. The zero-order chi connectivity index (χ0) is 20.4. The van der Waals surface area contributed by atoms with Crippen LogP contribution >= 0.6 is 0 Å². The van der Waals surface area contributed by atoms with E-state index < -0.39 is 0 Å². The number of carbonyl (C=O) groups is 3. The highest BCUT2D eigenvalue weighted by atomic mass is 16.3. The van der Waals surface area contributed by atoms with Crippen molar-refractivity contribution in [3.63, 3.8) is 0 Å². The van der Waals surface area contributed by atoms with Crippen LogP contribution in [0.25, 0.3) is 6.08 Å². The Hall–Kier alpha value is -3.35. The van der Waals surface area contributed by atoms with Crippen LogP contribution in [0.3, 0.4) is 0 Å². The number of rotatable bonds is 3. The van der Waals surface area contributed by atoms with Crippen LogP contribution in [0, 0.1) is 0 Å². The van der Waals surface area contributed by atoms with E-state index in [-0.39, 0.29) is 30.2 Å². The van der Waals surface area contributed by atoms with Gasteiger partial charge in [-0.1, -0.05) is 24.3 Å². The van der Waals surface area contributed by atoms with Crippen LogP contribution in [0.1, 0.15) is 41.1 Å². The minimum absolute atomic E-state index is 0.0172. The fourth-order valence-electron chi connectivity index (χ4n) is 3.92. The number of amides is 3. The molecule has 2 aliphatic heterocycles. The summed E-state index contributed by atoms with van der Waals surface area (Å²) >= 11 is 0. The summed E-state index contributed by atoms with van der Waals surface area (Å²) in [5.74, 6) is 0.0440. The highest BCUT2D eigenvalue weighted by Gasteiger charge is 2.32. The van der Waals surface area contributed by atoms with E-state index in [0.29, 0.717) is 31.9 Å². The average molecular weight is 393 g/mol. The van der Waals surface area contributed by atoms with Crippen LogP contribution in [0.4, 0.5) is 0 Å². The lowest BCUT2D eigenvalue weighted by molar-refractivity contribution is -0.135. The van der Waals surface area contributed by atoms with E-state index in [1.54, 1.807) is 33.0 Å². The molecule has 1 aromatic carbocycles. The summed E-state index contributed by atoms with van der Waals surface area (Å²) in [5.41, 5.74) is 2.00. The second-order valence-electron chi connectivity index (χ2n) is 7.24. The first kappa shape index (κ1) is 19.0. The van der Waals surface area contributed by atoms with Crippen LogP contribution in [0.15, 0.2) is 53.3 Å². The first-order valence-corrected chi connectivity index (χ1v) is 9.71. The SMILES string of the molecule is CC(=O)N1C=Cc2ccccc2C1CC(=O)N1CCN(C(=O)c2ccco2)CC1. The minimum Gasteiger partial charge on any atom is -0.459 e. The Morgan fingerprint density at radius 1 is 1.00 bits per heavy atom. The van der Waals surface area contributed by atoms with E-state index in [1.807, 2.05) is 30.3 Å². The number of benzene rings is 1. The Labute approximate surface area is 169 Å². The molecule has 0 aliphatic carbocycles. The van der Waals surface area contributed by atoms with Crippen molar-refractivity contribution in [3.05, 3.63) is 65.7 Å². The number of piperazine rings is 1. The summed E-state index contributed by atoms with van der Waals surface area (Å²) < 4.78 is 5.18. The number of hydrogen-bond donors (Lipinski definition) is 0. The van der Waals surface area contributed by atoms with Crippen molar-refractivity contribution in [2.75, 3.05) is 26.2 Å². The van der Waals surface area contributed by atoms with Crippen LogP contribution in [-0.2, 0) is 9.59 Å². The maximum atomic E-state index is 13.0. The molecule has 7 heteroatoms. The Kier molecular flexibility index (Phi) is 5.20. The number of hydrogen-bond acceptors (Lipinski definition) is 4. The topological polar surface area (TPSA) is 74.1 Å². The van der Waals surface area contributed by atoms with Crippen molar-refractivity contribution in [2.45, 2.75) is 19.4 Å². The number of furan rings is 1. The summed E-state index contributed by atoms with van der Waals surface area (Å²) in [6, 6.07) is 10.8. The summed E-state index contributed by atoms with van der Waals surface area (Å²) in [5, 5.41) is 0. The van der Waals surface area contributed by atoms with Gasteiger partial charge in [-0.3, -0.25) is 14.4 Å². The summed E-state index contributed by atoms with van der Waals surface area (Å²) in [4.78, 5) is 42.6. The van der Waals surface area contributed by atoms with Crippen molar-refractivity contribution < 1.29 is 18.8 Å². The maximum absolute atomic E-state index is 13.0. The third-order valence-corrected chi connectivity index (χ3v) is 5.49. The molecule has 1 atom stereocenters. The number of fused-ring (bicyclic) bond motifs is 1. The van der Waals surface area contributed by atoms with Crippen LogP contribution < -0.4 is 0 Å². The summed E-state index contributed by atoms with van der Waals surface area (Å²) in [7, 11) is 0. The molecule has 3 heterocycles. The predicted molar refractivity (Wildman–Crippen MR) is 107 cm³/mol. The minimum atomic E-state index is -0.316. The van der Waals surface area contributed by atoms with Crippen molar-refractivity contribution in [1.29, 1.82) is 0 Å². The van der Waals surface area contributed by atoms with E-state index in [4.69, 9.17) is 4.42 Å². The molecule has 0 saturated carbocycles. The molecule has 1 unspecified atom stereocenters. The zero-order valence-electron chi connectivity index (χ0n) is 16.3. The Bertz CT molecular complexity index is 943. The molecule has 2 aromatic rings. The lowest BCUT2D eigenvalue weighted by atomic mass is 9.93. The molecule has 0 N–H and O–H groups in total. The number of carbonyl (C=O) groups excluding carboxylic acids is 3. The molecule has 1 aromatic heterocycles. The van der Waals surface area contributed by atoms with Gasteiger partial charge in [-0.05, 0) is 29.3 Å². The highest BCUT2D eigenvalue weighted by molar-refractivity contribution is 5.91. The van der Waals surface area contributed by atoms with Crippen molar-refractivity contribution in [3.8, 4) is 0 Å². The molecule has 29 heavy (non-hydrogen) atoms. The van der Waals surface area contributed by atoms with E-state index >= 15 is 0 Å². The summed E-state index contributed by atoms with van der Waals surface area (Å²) in [6.45, 7) is 3.37. The second-order valence-corrected chi connectivity index (χ2v) is 7.24. The van der Waals surface area contributed by atoms with Crippen molar-refractivity contribution in [1.82, 2.24) is 14.7 Å². The predicted octanol–water partition coefficient (Wildman–Crippen LogP) is 2.53. The maximum Gasteiger partial charge on any atom is 0.289 e. The Balaban J connectivity index is 1.42. The van der Waals surface area contributed by atoms with Crippen molar-refractivity contribution >= 4 is 23.8 Å². The van der Waals surface area contributed by atoms with E-state index in [2.05, 4.69) is 0 Å². The fraction of sp³-hybridized carbons (Fsp3) is 0.318. The van der Waals surface area contributed by atoms with Crippen molar-refractivity contribution in [2.24, 2.45) is 0 Å². The van der Waals surface area contributed by atoms with Gasteiger partial charge in [-0.25, -0.2) is 0 Å². The first-order valence-electron chi connectivity index (χ1n) is 9.71. The van der Waals surface area contributed by atoms with Crippen LogP contribution in [0.2, 0.25) is 0 Å². The standard InChI is InChI=1S/C22H23N3O4/c1-16(26)25-9-8-17-5-2-3-6-18(17)19(25)15-21(27)23-10-12-24(13-11-23)22(28)20-7-4-14-29-20/h2-9,14,19H,10-13,15H2,1H3. The molecule has 1 saturated heterocycles. The number of nitrogens with zero attached hydrogens (tertiary/aromatic N) is 3. The molecule has 0 bridgehead atoms. The smallest absolute Gasteiger partial charge is 0.289 e. The molecule has 4 rings (SSSR count). The lowest BCUT2D eigenvalue weighted by Crippen LogP contribution is -2.51. The van der Waals surface area contributed by atoms with Gasteiger partial charge in [0.15, 0.2) is 5.76 Å². The molecular weight excluding hydrogens is 370 g/mol. The Morgan fingerprint density at radius 2 is 1.72 bits per heavy atom. The molecule has 7 nitrogen and oxygen atoms in total. The normalized spacial score (nSPS) is 18.5. The molecule has 0 radical (unpaired) electrons. The molecule has 2 aliphatic rings. The van der Waals surface area contributed by atoms with Gasteiger partial charge in [-0.15, -0.1) is 0 Å². The molecular formula is C22H23N3O4. The highest BCUT2D eigenvalue weighted by Crippen LogP contribution is 2.33. The zero-order valence-corrected chi connectivity index (χ0v) is 16.3. The van der Waals surface area contributed by atoms with Crippen LogP contribution in [-0.4, -0.2) is 58.6 Å². The molecule has 150 valence electrons. The van der Waals surface area contributed by atoms with Gasteiger partial charge in [0.05, 0.1) is 18.7 Å². The molecule has 3 amide bonds. The largest absolute Gasteiger partial charge is 0.459 e. The second kappa shape index (κ2) is 7.95. The van der Waals surface area contributed by atoms with E-state index in [1.165, 1.54) is 13.2 Å². The molecule has 0 spiro atoms. The third-order valence-electron chi connectivity index (χ3n) is 5.49. The monoisotopic (exact) mass is 393 g/mol. The van der Waals surface area contributed by atoms with Gasteiger partial charge in [0.1, 0.15) is 0 Å². The third kappa shape index (κ3) is 3.81. The summed E-state index contributed by atoms with van der Waals surface area (Å²) in [6.07, 6.45) is 5.34. The van der Waals surface area contributed by atoms with Gasteiger partial charge in [0, 0.05) is 39.3 Å². The first-order chi connectivity index (χ1) is 14.0. The van der Waals surface area contributed by atoms with Gasteiger partial charge in [0.25, 0.3) is 5.91 Å².